The molecule has 7 nitrogen and oxygen atoms in total. The van der Waals surface area contributed by atoms with E-state index in [1.165, 1.54) is 0 Å². The van der Waals surface area contributed by atoms with Crippen LogP contribution in [0.25, 0.3) is 0 Å². The van der Waals surface area contributed by atoms with E-state index in [0.29, 0.717) is 25.9 Å². The maximum absolute atomic E-state index is 13.6. The molecule has 144 valence electrons. The van der Waals surface area contributed by atoms with Crippen molar-refractivity contribution in [2.24, 2.45) is 0 Å². The number of nitrogens with one attached hydrogen (secondary N) is 2. The molecule has 0 bridgehead atoms. The maximum atomic E-state index is 13.6. The van der Waals surface area contributed by atoms with Crippen LogP contribution in [0.2, 0.25) is 0 Å². The number of alkyl halides is 3. The molecule has 1 amide bonds. The Hall–Kier alpha value is -2.62. The number of fused-ring (bicyclic) bond motifs is 1. The van der Waals surface area contributed by atoms with Gasteiger partial charge < -0.3 is 15.3 Å². The summed E-state index contributed by atoms with van der Waals surface area (Å²) in [6.07, 6.45) is -3.20. The highest BCUT2D eigenvalue weighted by atomic mass is 19.4. The van der Waals surface area contributed by atoms with Crippen LogP contribution in [0, 0.1) is 0 Å². The second-order valence-corrected chi connectivity index (χ2v) is 6.89. The monoisotopic (exact) mass is 381 g/mol. The highest BCUT2D eigenvalue weighted by Gasteiger charge is 2.61. The fraction of sp³-hybridized carbons (Fsp3) is 0.471. The summed E-state index contributed by atoms with van der Waals surface area (Å²) in [5.74, 6) is -0.565. The lowest BCUT2D eigenvalue weighted by atomic mass is 9.81. The van der Waals surface area contributed by atoms with Crippen molar-refractivity contribution in [2.75, 3.05) is 23.3 Å². The molecule has 4 heterocycles. The number of amides is 1. The van der Waals surface area contributed by atoms with E-state index in [1.807, 2.05) is 18.2 Å². The van der Waals surface area contributed by atoms with E-state index in [1.54, 1.807) is 6.20 Å². The summed E-state index contributed by atoms with van der Waals surface area (Å²) in [7, 11) is 0. The lowest BCUT2D eigenvalue weighted by Gasteiger charge is -2.37. The first-order chi connectivity index (χ1) is 12.8. The normalized spacial score (nSPS) is 23.9. The van der Waals surface area contributed by atoms with Gasteiger partial charge in [-0.05, 0) is 25.0 Å². The molecule has 0 radical (unpaired) electrons. The fourth-order valence-corrected chi connectivity index (χ4v) is 3.84. The molecule has 1 atom stereocenters. The predicted molar refractivity (Wildman–Crippen MR) is 90.2 cm³/mol. The molecule has 2 aromatic heterocycles. The van der Waals surface area contributed by atoms with Gasteiger partial charge in [0.1, 0.15) is 5.82 Å². The van der Waals surface area contributed by atoms with Gasteiger partial charge in [-0.15, -0.1) is 0 Å². The number of aromatic amines is 1. The van der Waals surface area contributed by atoms with Crippen molar-refractivity contribution < 1.29 is 23.1 Å². The summed E-state index contributed by atoms with van der Waals surface area (Å²) in [6.45, 7) is 1.23. The van der Waals surface area contributed by atoms with E-state index in [9.17, 15) is 23.1 Å². The Morgan fingerprint density at radius 1 is 1.26 bits per heavy atom. The van der Waals surface area contributed by atoms with Crippen molar-refractivity contribution >= 4 is 17.5 Å². The fourth-order valence-electron chi connectivity index (χ4n) is 3.84. The number of carbonyl (C=O) groups is 1. The second kappa shape index (κ2) is 6.22. The molecule has 1 unspecified atom stereocenters. The standard InChI is InChI=1S/C17H18F3N5O2/c18-17(19,20)16(27)9-12(26)22-15-13(16)14(23-24-15)10-4-7-25(8-5-10)11-3-1-2-6-21-11/h1-3,6,10,27H,4-5,7-9H2,(H2,22,23,24,26). The third-order valence-electron chi connectivity index (χ3n) is 5.23. The zero-order chi connectivity index (χ0) is 19.2. The van der Waals surface area contributed by atoms with Gasteiger partial charge >= 0.3 is 6.18 Å². The van der Waals surface area contributed by atoms with Gasteiger partial charge in [0, 0.05) is 30.9 Å². The zero-order valence-corrected chi connectivity index (χ0v) is 14.3. The molecule has 2 aliphatic heterocycles. The van der Waals surface area contributed by atoms with Gasteiger partial charge in [0.05, 0.1) is 12.0 Å². The van der Waals surface area contributed by atoms with Crippen LogP contribution in [0.5, 0.6) is 0 Å². The molecule has 0 saturated carbocycles. The Kier molecular flexibility index (Phi) is 4.10. The van der Waals surface area contributed by atoms with Crippen molar-refractivity contribution in [3.05, 3.63) is 35.7 Å². The van der Waals surface area contributed by atoms with Gasteiger partial charge in [-0.1, -0.05) is 6.07 Å². The zero-order valence-electron chi connectivity index (χ0n) is 14.3. The molecule has 4 rings (SSSR count). The van der Waals surface area contributed by atoms with Crippen molar-refractivity contribution in [2.45, 2.75) is 37.0 Å². The number of H-pyrrole nitrogens is 1. The number of hydrogen-bond acceptors (Lipinski definition) is 5. The predicted octanol–water partition coefficient (Wildman–Crippen LogP) is 2.28. The van der Waals surface area contributed by atoms with Gasteiger partial charge in [0.15, 0.2) is 11.4 Å². The first-order valence-electron chi connectivity index (χ1n) is 8.63. The second-order valence-electron chi connectivity index (χ2n) is 6.89. The van der Waals surface area contributed by atoms with Crippen molar-refractivity contribution in [1.29, 1.82) is 0 Å². The molecule has 2 aliphatic rings. The third-order valence-corrected chi connectivity index (χ3v) is 5.23. The van der Waals surface area contributed by atoms with Crippen LogP contribution in [-0.2, 0) is 10.4 Å². The van der Waals surface area contributed by atoms with E-state index in [-0.39, 0.29) is 23.0 Å². The van der Waals surface area contributed by atoms with Crippen LogP contribution >= 0.6 is 0 Å². The van der Waals surface area contributed by atoms with Crippen LogP contribution in [0.3, 0.4) is 0 Å². The average molecular weight is 381 g/mol. The van der Waals surface area contributed by atoms with Crippen LogP contribution < -0.4 is 10.2 Å². The van der Waals surface area contributed by atoms with E-state index in [2.05, 4.69) is 25.4 Å². The molecule has 0 aromatic carbocycles. The highest BCUT2D eigenvalue weighted by Crippen LogP contribution is 2.49. The van der Waals surface area contributed by atoms with Crippen molar-refractivity contribution in [3.8, 4) is 0 Å². The first-order valence-corrected chi connectivity index (χ1v) is 8.63. The molecule has 0 aliphatic carbocycles. The first kappa shape index (κ1) is 17.8. The number of halogens is 3. The van der Waals surface area contributed by atoms with E-state index in [4.69, 9.17) is 0 Å². The lowest BCUT2D eigenvalue weighted by Crippen LogP contribution is -2.48. The maximum Gasteiger partial charge on any atom is 0.422 e. The Labute approximate surface area is 152 Å². The Balaban J connectivity index is 1.61. The molecular formula is C17H18F3N5O2. The van der Waals surface area contributed by atoms with E-state index < -0.39 is 24.1 Å². The lowest BCUT2D eigenvalue weighted by molar-refractivity contribution is -0.267. The molecular weight excluding hydrogens is 363 g/mol. The summed E-state index contributed by atoms with van der Waals surface area (Å²) in [5, 5.41) is 19.2. The van der Waals surface area contributed by atoms with Crippen LogP contribution in [0.15, 0.2) is 24.4 Å². The number of hydrogen-bond donors (Lipinski definition) is 3. The average Bonchev–Trinajstić information content (AvgIpc) is 3.06. The molecule has 27 heavy (non-hydrogen) atoms. The van der Waals surface area contributed by atoms with Gasteiger partial charge in [-0.3, -0.25) is 9.89 Å². The summed E-state index contributed by atoms with van der Waals surface area (Å²) >= 11 is 0. The highest BCUT2D eigenvalue weighted by molar-refractivity contribution is 5.94. The summed E-state index contributed by atoms with van der Waals surface area (Å²) in [4.78, 5) is 18.0. The third kappa shape index (κ3) is 2.93. The minimum absolute atomic E-state index is 0.231. The van der Waals surface area contributed by atoms with Gasteiger partial charge in [0.2, 0.25) is 5.91 Å². The number of nitrogens with zero attached hydrogens (tertiary/aromatic N) is 3. The summed E-state index contributed by atoms with van der Waals surface area (Å²) in [6, 6.07) is 5.58. The van der Waals surface area contributed by atoms with Crippen LogP contribution in [-0.4, -0.2) is 45.5 Å². The largest absolute Gasteiger partial charge is 0.422 e. The van der Waals surface area contributed by atoms with E-state index >= 15 is 0 Å². The Bertz CT molecular complexity index is 846. The van der Waals surface area contributed by atoms with Crippen LogP contribution in [0.1, 0.15) is 36.4 Å². The van der Waals surface area contributed by atoms with Gasteiger partial charge in [-0.2, -0.15) is 18.3 Å². The molecule has 1 saturated heterocycles. The van der Waals surface area contributed by atoms with Crippen LogP contribution in [0.4, 0.5) is 24.8 Å². The number of aromatic nitrogens is 3. The number of pyridine rings is 1. The summed E-state index contributed by atoms with van der Waals surface area (Å²) in [5.41, 5.74) is -3.35. The molecule has 1 fully saturated rings. The Morgan fingerprint density at radius 3 is 2.63 bits per heavy atom. The number of piperidine rings is 1. The molecule has 3 N–H and O–H groups in total. The SMILES string of the molecule is O=C1CC(O)(C(F)(F)F)c2c(n[nH]c2C2CCN(c3ccccn3)CC2)N1. The van der Waals surface area contributed by atoms with E-state index in [0.717, 1.165) is 5.82 Å². The van der Waals surface area contributed by atoms with Gasteiger partial charge in [-0.25, -0.2) is 4.98 Å². The van der Waals surface area contributed by atoms with Crippen molar-refractivity contribution in [3.63, 3.8) is 0 Å². The van der Waals surface area contributed by atoms with Crippen molar-refractivity contribution in [1.82, 2.24) is 15.2 Å². The minimum Gasteiger partial charge on any atom is -0.376 e. The smallest absolute Gasteiger partial charge is 0.376 e. The number of rotatable bonds is 2. The van der Waals surface area contributed by atoms with Gasteiger partial charge in [0.25, 0.3) is 0 Å². The number of carbonyl (C=O) groups excluding carboxylic acids is 1. The number of anilines is 2. The molecule has 0 spiro atoms. The minimum atomic E-state index is -4.98. The molecule has 10 heteroatoms. The number of aliphatic hydroxyl groups is 1. The quantitative estimate of drug-likeness (QED) is 0.742. The Morgan fingerprint density at radius 2 is 2.00 bits per heavy atom. The molecule has 2 aromatic rings. The summed E-state index contributed by atoms with van der Waals surface area (Å²) < 4.78 is 40.8. The topological polar surface area (TPSA) is 94.1 Å².